The highest BCUT2D eigenvalue weighted by Gasteiger charge is 2.59. The fourth-order valence-corrected chi connectivity index (χ4v) is 16.3. The van der Waals surface area contributed by atoms with Gasteiger partial charge in [0.25, 0.3) is 0 Å². The lowest BCUT2D eigenvalue weighted by Gasteiger charge is -2.62. The van der Waals surface area contributed by atoms with Gasteiger partial charge in [0.05, 0.1) is 69.7 Å². The topological polar surface area (TPSA) is 175 Å². The number of rotatable bonds is 13. The van der Waals surface area contributed by atoms with Gasteiger partial charge in [-0.3, -0.25) is 19.3 Å². The van der Waals surface area contributed by atoms with Crippen LogP contribution in [0.25, 0.3) is 0 Å². The molecule has 2 aromatic rings. The molecule has 6 saturated carbocycles. The molecule has 16 atom stereocenters. The van der Waals surface area contributed by atoms with Crippen LogP contribution in [0, 0.1) is 65.3 Å². The third-order valence-electron chi connectivity index (χ3n) is 19.7. The lowest BCUT2D eigenvalue weighted by molar-refractivity contribution is -0.195. The summed E-state index contributed by atoms with van der Waals surface area (Å²) in [5.74, 6) is 4.49. The Hall–Kier alpha value is -1.08. The molecule has 9 aliphatic rings. The Bertz CT molecular complexity index is 2380. The Morgan fingerprint density at radius 1 is 0.867 bits per heavy atom. The minimum atomic E-state index is -1.94. The van der Waals surface area contributed by atoms with Crippen molar-refractivity contribution in [3.8, 4) is 11.5 Å². The van der Waals surface area contributed by atoms with Crippen molar-refractivity contribution in [3.05, 3.63) is 52.6 Å². The predicted octanol–water partition coefficient (Wildman–Crippen LogP) is 10.7. The summed E-state index contributed by atoms with van der Waals surface area (Å²) in [6, 6.07) is 6.78. The van der Waals surface area contributed by atoms with Gasteiger partial charge in [0.15, 0.2) is 8.32 Å². The number of aliphatic hydroxyl groups is 2. The number of carbonyl (C=O) groups excluding carboxylic acids is 2. The first kappa shape index (κ1) is 61.5. The number of halogens is 4. The molecule has 2 unspecified atom stereocenters. The average Bonchev–Trinajstić information content (AvgIpc) is 4.00. The molecule has 9 fully saturated rings. The van der Waals surface area contributed by atoms with Crippen molar-refractivity contribution in [1.82, 2.24) is 15.4 Å². The second-order valence-corrected chi connectivity index (χ2v) is 33.2. The number of ether oxygens (including phenoxy) is 3. The highest BCUT2D eigenvalue weighted by molar-refractivity contribution is 14.1. The minimum Gasteiger partial charge on any atom is -0.495 e. The first-order valence-electron chi connectivity index (χ1n) is 27.0. The molecule has 422 valence electrons. The van der Waals surface area contributed by atoms with E-state index in [2.05, 4.69) is 126 Å². The van der Waals surface area contributed by atoms with Crippen molar-refractivity contribution in [2.24, 2.45) is 63.9 Å². The SMILES string of the molecule is COc1c(CN2O[C@@H](CO)[C@@H]([C@H](C)O)C2C(=O)N[C@H]2C[C@H]3CC([C@@H]2C)C3(C)C)ccc(Cl)c1I.COc1c(CN2O[C@@H](CO[Si](C)(C)C(C)(C)C)[C@H]3[C@H](C)OC(=O)[C@H]32)ccc(Cl)c1I.C[C@@H]1[C@@H](N)C[C@H]2C[C@@H]1C2(C)C. The summed E-state index contributed by atoms with van der Waals surface area (Å²) in [5, 5.41) is 28.5. The smallest absolute Gasteiger partial charge is 0.326 e. The second-order valence-electron chi connectivity index (χ2n) is 25.4. The van der Waals surface area contributed by atoms with Crippen molar-refractivity contribution in [2.45, 2.75) is 182 Å². The molecule has 19 heteroatoms. The molecule has 5 N–H and O–H groups in total. The molecule has 6 aliphatic carbocycles. The van der Waals surface area contributed by atoms with Crippen LogP contribution >= 0.6 is 68.4 Å². The van der Waals surface area contributed by atoms with Crippen molar-refractivity contribution in [2.75, 3.05) is 27.4 Å². The zero-order chi connectivity index (χ0) is 55.6. The summed E-state index contributed by atoms with van der Waals surface area (Å²) in [5.41, 5.74) is 8.67. The van der Waals surface area contributed by atoms with Crippen molar-refractivity contribution in [1.29, 1.82) is 0 Å². The fourth-order valence-electron chi connectivity index (χ4n) is 13.5. The van der Waals surface area contributed by atoms with Gasteiger partial charge in [0, 0.05) is 29.1 Å². The van der Waals surface area contributed by atoms with Crippen molar-refractivity contribution < 1.29 is 48.1 Å². The van der Waals surface area contributed by atoms with Crippen LogP contribution < -0.4 is 20.5 Å². The maximum atomic E-state index is 13.7. The minimum absolute atomic E-state index is 0.0698. The monoisotopic (exact) mass is 1330 g/mol. The molecule has 2 aromatic carbocycles. The number of hydrogen-bond donors (Lipinski definition) is 4. The summed E-state index contributed by atoms with van der Waals surface area (Å²) >= 11 is 16.8. The normalized spacial score (nSPS) is 34.9. The van der Waals surface area contributed by atoms with Gasteiger partial charge in [0.1, 0.15) is 41.9 Å². The largest absolute Gasteiger partial charge is 0.495 e. The Balaban J connectivity index is 0.000000182. The van der Waals surface area contributed by atoms with E-state index < -0.39 is 38.5 Å². The van der Waals surface area contributed by atoms with Gasteiger partial charge in [0.2, 0.25) is 5.91 Å². The predicted molar refractivity (Wildman–Crippen MR) is 313 cm³/mol. The molecule has 11 rings (SSSR count). The van der Waals surface area contributed by atoms with Crippen LogP contribution in [0.2, 0.25) is 28.2 Å². The van der Waals surface area contributed by atoms with E-state index in [0.29, 0.717) is 69.3 Å². The second kappa shape index (κ2) is 23.8. The summed E-state index contributed by atoms with van der Waals surface area (Å²) in [4.78, 5) is 38.7. The highest BCUT2D eigenvalue weighted by Crippen LogP contribution is 2.62. The number of amides is 1. The Labute approximate surface area is 485 Å². The van der Waals surface area contributed by atoms with Crippen molar-refractivity contribution in [3.63, 3.8) is 0 Å². The van der Waals surface area contributed by atoms with Gasteiger partial charge in [-0.15, -0.1) is 0 Å². The standard InChI is InChI=1S/C25H36ClIN2O5.C21H31ClINO5Si.C10H19N/c1-12-16-8-15(25(16,3)4)9-18(12)28-24(32)22-20(13(2)31)19(11-30)34-29(22)10-14-6-7-17(26)21(27)23(14)33-5;1-12-16-15(11-27-30(6,7)21(2,3)4)29-24(18(16)20(25)28-12)10-13-8-9-14(22)17(23)19(13)26-5;1-6-8-4-7(5-9(6)11)10(8,2)3/h6-7,12-13,15-16,18-20,22,30-31H,8-11H2,1-5H3,(H,28,32);8-9,12,15-16,18H,10-11H2,1-7H3;6-9H,4-5,11H2,1-3H3/t12-,13-,15+,16?,18-,19-,20+,22?;12-,15-,16+,18-;6-,7+,8-,9-/m000/s1. The van der Waals surface area contributed by atoms with Crippen LogP contribution in [0.15, 0.2) is 24.3 Å². The van der Waals surface area contributed by atoms with E-state index >= 15 is 0 Å². The van der Waals surface area contributed by atoms with E-state index in [1.165, 1.54) is 19.3 Å². The van der Waals surface area contributed by atoms with Crippen molar-refractivity contribution >= 4 is 88.6 Å². The Morgan fingerprint density at radius 2 is 1.37 bits per heavy atom. The molecule has 14 nitrogen and oxygen atoms in total. The Morgan fingerprint density at radius 3 is 1.83 bits per heavy atom. The molecule has 3 heterocycles. The number of esters is 1. The number of nitrogens with zero attached hydrogens (tertiary/aromatic N) is 2. The lowest BCUT2D eigenvalue weighted by Crippen LogP contribution is -2.62. The summed E-state index contributed by atoms with van der Waals surface area (Å²) in [6.45, 7) is 29.5. The average molecular weight is 1330 g/mol. The molecule has 0 radical (unpaired) electrons. The van der Waals surface area contributed by atoms with E-state index in [0.717, 1.165) is 42.4 Å². The van der Waals surface area contributed by atoms with Crippen LogP contribution in [0.5, 0.6) is 11.5 Å². The molecule has 3 aliphatic heterocycles. The van der Waals surface area contributed by atoms with Crippen LogP contribution in [-0.4, -0.2) is 117 Å². The number of nitrogens with two attached hydrogens (primary N) is 1. The van der Waals surface area contributed by atoms with Gasteiger partial charge in [-0.2, -0.15) is 10.1 Å². The van der Waals surface area contributed by atoms with Gasteiger partial charge in [-0.1, -0.05) is 97.6 Å². The van der Waals surface area contributed by atoms with E-state index in [9.17, 15) is 19.8 Å². The molecule has 4 bridgehead atoms. The third kappa shape index (κ3) is 12.1. The number of hydroxylamine groups is 4. The van der Waals surface area contributed by atoms with E-state index in [1.54, 1.807) is 37.3 Å². The van der Waals surface area contributed by atoms with E-state index in [4.69, 9.17) is 57.2 Å². The fraction of sp³-hybridized carbons (Fsp3) is 0.750. The quantitative estimate of drug-likeness (QED) is 0.0848. The molecule has 1 amide bonds. The highest BCUT2D eigenvalue weighted by atomic mass is 127. The molecular formula is C56H86Cl2I2N4O10Si. The van der Waals surface area contributed by atoms with E-state index in [1.807, 2.05) is 25.1 Å². The molecular weight excluding hydrogens is 1240 g/mol. The molecule has 0 aromatic heterocycles. The van der Waals surface area contributed by atoms with E-state index in [-0.39, 0.29) is 54.2 Å². The summed E-state index contributed by atoms with van der Waals surface area (Å²) < 4.78 is 24.8. The van der Waals surface area contributed by atoms with Gasteiger partial charge >= 0.3 is 5.97 Å². The third-order valence-corrected chi connectivity index (χ3v) is 27.6. The van der Waals surface area contributed by atoms with Gasteiger partial charge < -0.3 is 39.9 Å². The maximum Gasteiger partial charge on any atom is 0.326 e. The first-order chi connectivity index (χ1) is 34.9. The number of cyclic esters (lactones) is 1. The lowest BCUT2D eigenvalue weighted by atomic mass is 9.45. The number of nitrogens with one attached hydrogen (secondary N) is 1. The molecule has 3 saturated heterocycles. The summed E-state index contributed by atoms with van der Waals surface area (Å²) in [6.07, 6.45) is 2.96. The number of hydrogen-bond acceptors (Lipinski definition) is 13. The molecule has 0 spiro atoms. The summed E-state index contributed by atoms with van der Waals surface area (Å²) in [7, 11) is 1.26. The van der Waals surface area contributed by atoms with Crippen LogP contribution in [0.3, 0.4) is 0 Å². The number of fused-ring (bicyclic) bond motifs is 5. The number of methoxy groups -OCH3 is 2. The zero-order valence-electron chi connectivity index (χ0n) is 46.8. The number of benzene rings is 2. The van der Waals surface area contributed by atoms with Gasteiger partial charge in [-0.25, -0.2) is 0 Å². The zero-order valence-corrected chi connectivity index (χ0v) is 53.7. The number of aliphatic hydroxyl groups excluding tert-OH is 2. The first-order valence-corrected chi connectivity index (χ1v) is 32.8. The molecule has 75 heavy (non-hydrogen) atoms. The van der Waals surface area contributed by atoms with Gasteiger partial charge in [-0.05, 0) is 161 Å². The number of carbonyl (C=O) groups is 2. The maximum absolute atomic E-state index is 13.7. The Kier molecular flexibility index (Phi) is 19.5. The van der Waals surface area contributed by atoms with Crippen LogP contribution in [0.4, 0.5) is 0 Å². The van der Waals surface area contributed by atoms with Crippen LogP contribution in [-0.2, 0) is 41.5 Å². The van der Waals surface area contributed by atoms with Crippen LogP contribution in [0.1, 0.15) is 113 Å².